The summed E-state index contributed by atoms with van der Waals surface area (Å²) in [4.78, 5) is 24.7. The summed E-state index contributed by atoms with van der Waals surface area (Å²) in [5.74, 6) is -2.58. The van der Waals surface area contributed by atoms with E-state index in [1.165, 1.54) is 0 Å². The lowest BCUT2D eigenvalue weighted by molar-refractivity contribution is 0.0488. The molecule has 0 radical (unpaired) electrons. The fourth-order valence-electron chi connectivity index (χ4n) is 3.52. The lowest BCUT2D eigenvalue weighted by Gasteiger charge is -2.10. The van der Waals surface area contributed by atoms with Crippen molar-refractivity contribution in [1.29, 1.82) is 0 Å². The van der Waals surface area contributed by atoms with Gasteiger partial charge in [-0.25, -0.2) is 13.6 Å². The number of rotatable bonds is 6. The molecular formula is C22H27F2N3O4. The number of aryl methyl sites for hydroxylation is 2. The van der Waals surface area contributed by atoms with Crippen molar-refractivity contribution in [1.82, 2.24) is 15.1 Å². The summed E-state index contributed by atoms with van der Waals surface area (Å²) in [6, 6.07) is 2.65. The van der Waals surface area contributed by atoms with Crippen LogP contribution in [0.5, 0.6) is 0 Å². The summed E-state index contributed by atoms with van der Waals surface area (Å²) in [6.07, 6.45) is 3.20. The average Bonchev–Trinajstić information content (AvgIpc) is 3.09. The van der Waals surface area contributed by atoms with Crippen LogP contribution in [-0.4, -0.2) is 48.0 Å². The first-order chi connectivity index (χ1) is 15.0. The number of aromatic nitrogens is 2. The van der Waals surface area contributed by atoms with E-state index in [0.717, 1.165) is 42.4 Å². The number of nitrogens with zero attached hydrogens (tertiary/aromatic N) is 2. The smallest absolute Gasteiger partial charge is 0.341 e. The standard InChI is InChI=1S/C22H27F2N3O4/c1-2-18-20-19(6-3-11-30-12-4-9-25-21(20)28)27(26-18)10-5-13-31-22(29)16-14-15(23)7-8-17(16)24/h7-8,14H,2-6,9-13H2,1H3,(H,25,28). The van der Waals surface area contributed by atoms with Crippen molar-refractivity contribution >= 4 is 11.9 Å². The Kier molecular flexibility index (Phi) is 8.11. The third-order valence-electron chi connectivity index (χ3n) is 5.04. The third kappa shape index (κ3) is 5.88. The van der Waals surface area contributed by atoms with E-state index in [0.29, 0.717) is 51.1 Å². The summed E-state index contributed by atoms with van der Waals surface area (Å²) in [5.41, 5.74) is 1.74. The molecule has 0 aliphatic carbocycles. The zero-order valence-corrected chi connectivity index (χ0v) is 17.6. The van der Waals surface area contributed by atoms with E-state index < -0.39 is 23.2 Å². The van der Waals surface area contributed by atoms with E-state index in [1.807, 2.05) is 6.92 Å². The van der Waals surface area contributed by atoms with Gasteiger partial charge in [-0.1, -0.05) is 6.92 Å². The van der Waals surface area contributed by atoms with Gasteiger partial charge >= 0.3 is 5.97 Å². The molecule has 1 amide bonds. The molecule has 2 heterocycles. The Morgan fingerprint density at radius 1 is 1.29 bits per heavy atom. The molecule has 1 aromatic carbocycles. The first-order valence-corrected chi connectivity index (χ1v) is 10.6. The van der Waals surface area contributed by atoms with Crippen molar-refractivity contribution < 1.29 is 27.8 Å². The number of amides is 1. The predicted octanol–water partition coefficient (Wildman–Crippen LogP) is 3.05. The number of hydrogen-bond donors (Lipinski definition) is 1. The molecule has 7 nitrogen and oxygen atoms in total. The van der Waals surface area contributed by atoms with Crippen molar-refractivity contribution in [2.24, 2.45) is 0 Å². The van der Waals surface area contributed by atoms with E-state index in [1.54, 1.807) is 4.68 Å². The quantitative estimate of drug-likeness (QED) is 0.557. The highest BCUT2D eigenvalue weighted by atomic mass is 19.1. The van der Waals surface area contributed by atoms with Crippen LogP contribution in [0.4, 0.5) is 8.78 Å². The third-order valence-corrected chi connectivity index (χ3v) is 5.04. The van der Waals surface area contributed by atoms with Gasteiger partial charge in [-0.05, 0) is 43.9 Å². The van der Waals surface area contributed by atoms with Gasteiger partial charge in [0.2, 0.25) is 0 Å². The van der Waals surface area contributed by atoms with Crippen LogP contribution in [0.15, 0.2) is 18.2 Å². The summed E-state index contributed by atoms with van der Waals surface area (Å²) in [6.45, 7) is 4.15. The largest absolute Gasteiger partial charge is 0.462 e. The number of carbonyl (C=O) groups excluding carboxylic acids is 2. The Balaban J connectivity index is 1.66. The minimum absolute atomic E-state index is 0.0141. The monoisotopic (exact) mass is 435 g/mol. The number of carbonyl (C=O) groups is 2. The Bertz CT molecular complexity index is 930. The van der Waals surface area contributed by atoms with Gasteiger partial charge < -0.3 is 14.8 Å². The molecule has 0 saturated heterocycles. The molecule has 3 rings (SSSR count). The maximum absolute atomic E-state index is 13.7. The van der Waals surface area contributed by atoms with Crippen LogP contribution in [0, 0.1) is 11.6 Å². The maximum atomic E-state index is 13.7. The van der Waals surface area contributed by atoms with Gasteiger partial charge in [-0.15, -0.1) is 0 Å². The number of ether oxygens (including phenoxy) is 2. The minimum Gasteiger partial charge on any atom is -0.462 e. The number of halogens is 2. The molecule has 0 saturated carbocycles. The van der Waals surface area contributed by atoms with Crippen molar-refractivity contribution in [2.45, 2.75) is 45.6 Å². The van der Waals surface area contributed by atoms with Crippen molar-refractivity contribution in [3.05, 3.63) is 52.3 Å². The second-order valence-electron chi connectivity index (χ2n) is 7.28. The Labute approximate surface area is 179 Å². The van der Waals surface area contributed by atoms with E-state index in [9.17, 15) is 18.4 Å². The van der Waals surface area contributed by atoms with Gasteiger partial charge in [0.1, 0.15) is 11.6 Å². The van der Waals surface area contributed by atoms with Crippen LogP contribution in [-0.2, 0) is 28.9 Å². The first-order valence-electron chi connectivity index (χ1n) is 10.6. The molecule has 0 atom stereocenters. The second kappa shape index (κ2) is 11.0. The number of esters is 1. The van der Waals surface area contributed by atoms with Gasteiger partial charge in [0.25, 0.3) is 5.91 Å². The van der Waals surface area contributed by atoms with Crippen LogP contribution < -0.4 is 5.32 Å². The van der Waals surface area contributed by atoms with Crippen LogP contribution in [0.3, 0.4) is 0 Å². The molecule has 0 bridgehead atoms. The predicted molar refractivity (Wildman–Crippen MR) is 109 cm³/mol. The molecule has 1 aliphatic heterocycles. The van der Waals surface area contributed by atoms with Crippen LogP contribution in [0.1, 0.15) is 58.3 Å². The van der Waals surface area contributed by atoms with Crippen molar-refractivity contribution in [3.63, 3.8) is 0 Å². The average molecular weight is 435 g/mol. The topological polar surface area (TPSA) is 82.5 Å². The fourth-order valence-corrected chi connectivity index (χ4v) is 3.52. The SMILES string of the molecule is CCc1nn(CCCOC(=O)c2cc(F)ccc2F)c2c1C(=O)NCCCOCCC2. The Morgan fingerprint density at radius 3 is 2.90 bits per heavy atom. The molecule has 1 aromatic heterocycles. The van der Waals surface area contributed by atoms with E-state index in [2.05, 4.69) is 10.4 Å². The van der Waals surface area contributed by atoms with Crippen LogP contribution >= 0.6 is 0 Å². The summed E-state index contributed by atoms with van der Waals surface area (Å²) in [5, 5.41) is 7.52. The van der Waals surface area contributed by atoms with Gasteiger partial charge in [-0.2, -0.15) is 5.10 Å². The number of nitrogens with one attached hydrogen (secondary N) is 1. The van der Waals surface area contributed by atoms with E-state index in [-0.39, 0.29) is 12.5 Å². The minimum atomic E-state index is -0.914. The van der Waals surface area contributed by atoms with Gasteiger partial charge in [-0.3, -0.25) is 9.48 Å². The van der Waals surface area contributed by atoms with Crippen LogP contribution in [0.25, 0.3) is 0 Å². The highest BCUT2D eigenvalue weighted by Gasteiger charge is 2.23. The maximum Gasteiger partial charge on any atom is 0.341 e. The molecule has 2 aromatic rings. The molecule has 1 aliphatic rings. The molecule has 0 fully saturated rings. The normalized spacial score (nSPS) is 15.0. The zero-order valence-electron chi connectivity index (χ0n) is 17.6. The molecule has 168 valence electrons. The van der Waals surface area contributed by atoms with Gasteiger partial charge in [0.05, 0.1) is 29.1 Å². The van der Waals surface area contributed by atoms with Gasteiger partial charge in [0, 0.05) is 32.7 Å². The molecule has 0 spiro atoms. The molecular weight excluding hydrogens is 408 g/mol. The fraction of sp³-hybridized carbons (Fsp3) is 0.500. The summed E-state index contributed by atoms with van der Waals surface area (Å²) < 4.78 is 39.4. The highest BCUT2D eigenvalue weighted by molar-refractivity contribution is 5.96. The summed E-state index contributed by atoms with van der Waals surface area (Å²) >= 11 is 0. The Morgan fingerprint density at radius 2 is 2.10 bits per heavy atom. The molecule has 0 unspecified atom stereocenters. The van der Waals surface area contributed by atoms with Crippen LogP contribution in [0.2, 0.25) is 0 Å². The van der Waals surface area contributed by atoms with E-state index in [4.69, 9.17) is 9.47 Å². The highest BCUT2D eigenvalue weighted by Crippen LogP contribution is 2.19. The van der Waals surface area contributed by atoms with Gasteiger partial charge in [0.15, 0.2) is 0 Å². The molecule has 1 N–H and O–H groups in total. The molecule has 31 heavy (non-hydrogen) atoms. The lowest BCUT2D eigenvalue weighted by atomic mass is 10.1. The second-order valence-corrected chi connectivity index (χ2v) is 7.28. The lowest BCUT2D eigenvalue weighted by Crippen LogP contribution is -2.26. The summed E-state index contributed by atoms with van der Waals surface area (Å²) in [7, 11) is 0. The van der Waals surface area contributed by atoms with Crippen molar-refractivity contribution in [3.8, 4) is 0 Å². The van der Waals surface area contributed by atoms with Crippen molar-refractivity contribution in [2.75, 3.05) is 26.4 Å². The first kappa shape index (κ1) is 22.9. The Hall–Kier alpha value is -2.81. The molecule has 9 heteroatoms. The van der Waals surface area contributed by atoms with E-state index >= 15 is 0 Å². The number of benzene rings is 1. The number of fused-ring (bicyclic) bond motifs is 1. The number of hydrogen-bond acceptors (Lipinski definition) is 5. The zero-order chi connectivity index (χ0) is 22.2.